The van der Waals surface area contributed by atoms with Gasteiger partial charge in [0.25, 0.3) is 5.91 Å². The Balaban J connectivity index is 1.69. The number of carbonyl (C=O) groups excluding carboxylic acids is 1. The molecule has 0 saturated carbocycles. The van der Waals surface area contributed by atoms with Gasteiger partial charge in [-0.05, 0) is 48.7 Å². The molecule has 0 aliphatic heterocycles. The van der Waals surface area contributed by atoms with Crippen LogP contribution in [0.4, 0.5) is 0 Å². The zero-order valence-corrected chi connectivity index (χ0v) is 18.5. The summed E-state index contributed by atoms with van der Waals surface area (Å²) < 4.78 is 1.89. The summed E-state index contributed by atoms with van der Waals surface area (Å²) >= 11 is 6.05. The molecular formula is C24H24ClN5O. The molecule has 1 atom stereocenters. The lowest BCUT2D eigenvalue weighted by molar-refractivity contribution is 0.0941. The summed E-state index contributed by atoms with van der Waals surface area (Å²) in [6.45, 7) is 4.14. The molecule has 0 aliphatic rings. The summed E-state index contributed by atoms with van der Waals surface area (Å²) in [6, 6.07) is 12.4. The third kappa shape index (κ3) is 4.30. The maximum absolute atomic E-state index is 13.2. The smallest absolute Gasteiger partial charge is 0.252 e. The number of rotatable bonds is 6. The molecule has 1 N–H and O–H groups in total. The van der Waals surface area contributed by atoms with Crippen LogP contribution in [0.2, 0.25) is 5.02 Å². The van der Waals surface area contributed by atoms with Crippen LogP contribution in [0.25, 0.3) is 11.0 Å². The standard InChI is InChI=1S/C24H24ClN5O/c1-4-18-19(5-2)28-21-14-16(8-11-20(21)27-18)24(31)29-22(23-26-12-13-30(23)3)15-6-9-17(25)10-7-15/h6-14,22H,4-5H2,1-3H3,(H,29,31)/t22-/m0/s1. The van der Waals surface area contributed by atoms with Crippen LogP contribution in [0.1, 0.15) is 53.0 Å². The number of carbonyl (C=O) groups is 1. The number of amides is 1. The molecule has 0 aliphatic carbocycles. The lowest BCUT2D eigenvalue weighted by atomic mass is 10.0. The highest BCUT2D eigenvalue weighted by atomic mass is 35.5. The van der Waals surface area contributed by atoms with Crippen LogP contribution < -0.4 is 5.32 Å². The predicted molar refractivity (Wildman–Crippen MR) is 122 cm³/mol. The first-order valence-corrected chi connectivity index (χ1v) is 10.7. The summed E-state index contributed by atoms with van der Waals surface area (Å²) in [5, 5.41) is 3.75. The van der Waals surface area contributed by atoms with Gasteiger partial charge in [-0.3, -0.25) is 4.79 Å². The average Bonchev–Trinajstić information content (AvgIpc) is 3.22. The Hall–Kier alpha value is -3.25. The molecule has 0 bridgehead atoms. The second-order valence-corrected chi connectivity index (χ2v) is 7.82. The number of imidazole rings is 1. The fourth-order valence-electron chi connectivity index (χ4n) is 3.66. The molecule has 0 unspecified atom stereocenters. The van der Waals surface area contributed by atoms with E-state index >= 15 is 0 Å². The third-order valence-corrected chi connectivity index (χ3v) is 5.60. The number of nitrogens with one attached hydrogen (secondary N) is 1. The van der Waals surface area contributed by atoms with Crippen molar-refractivity contribution in [2.24, 2.45) is 7.05 Å². The second kappa shape index (κ2) is 8.86. The highest BCUT2D eigenvalue weighted by Crippen LogP contribution is 2.23. The Morgan fingerprint density at radius 3 is 2.32 bits per heavy atom. The first-order chi connectivity index (χ1) is 15.0. The van der Waals surface area contributed by atoms with E-state index in [0.717, 1.165) is 46.7 Å². The summed E-state index contributed by atoms with van der Waals surface area (Å²) in [5.74, 6) is 0.529. The van der Waals surface area contributed by atoms with Crippen molar-refractivity contribution in [2.75, 3.05) is 0 Å². The van der Waals surface area contributed by atoms with Crippen molar-refractivity contribution >= 4 is 28.5 Å². The third-order valence-electron chi connectivity index (χ3n) is 5.35. The number of benzene rings is 2. The Bertz CT molecular complexity index is 1230. The number of nitrogens with zero attached hydrogens (tertiary/aromatic N) is 4. The molecule has 31 heavy (non-hydrogen) atoms. The van der Waals surface area contributed by atoms with Gasteiger partial charge < -0.3 is 9.88 Å². The molecule has 2 aromatic carbocycles. The Morgan fingerprint density at radius 1 is 1.03 bits per heavy atom. The fraction of sp³-hybridized carbons (Fsp3) is 0.250. The minimum absolute atomic E-state index is 0.204. The van der Waals surface area contributed by atoms with E-state index < -0.39 is 6.04 Å². The normalized spacial score (nSPS) is 12.1. The van der Waals surface area contributed by atoms with Crippen LogP contribution >= 0.6 is 11.6 Å². The zero-order valence-electron chi connectivity index (χ0n) is 17.8. The molecule has 0 saturated heterocycles. The van der Waals surface area contributed by atoms with Gasteiger partial charge in [-0.25, -0.2) is 15.0 Å². The first kappa shape index (κ1) is 21.0. The molecule has 158 valence electrons. The number of halogens is 1. The van der Waals surface area contributed by atoms with Crippen molar-refractivity contribution in [3.05, 3.63) is 88.2 Å². The van der Waals surface area contributed by atoms with Gasteiger partial charge in [0.05, 0.1) is 22.4 Å². The topological polar surface area (TPSA) is 72.7 Å². The number of fused-ring (bicyclic) bond motifs is 1. The highest BCUT2D eigenvalue weighted by molar-refractivity contribution is 6.30. The van der Waals surface area contributed by atoms with E-state index in [-0.39, 0.29) is 5.91 Å². The van der Waals surface area contributed by atoms with Gasteiger partial charge in [-0.15, -0.1) is 0 Å². The quantitative estimate of drug-likeness (QED) is 0.480. The Morgan fingerprint density at radius 2 is 1.71 bits per heavy atom. The summed E-state index contributed by atoms with van der Waals surface area (Å²) in [4.78, 5) is 27.1. The Kier molecular flexibility index (Phi) is 6.00. The van der Waals surface area contributed by atoms with Gasteiger partial charge in [0.2, 0.25) is 0 Å². The molecular weight excluding hydrogens is 410 g/mol. The minimum Gasteiger partial charge on any atom is -0.338 e. The lowest BCUT2D eigenvalue weighted by Gasteiger charge is -2.19. The molecule has 7 heteroatoms. The zero-order chi connectivity index (χ0) is 22.0. The van der Waals surface area contributed by atoms with E-state index in [0.29, 0.717) is 10.6 Å². The van der Waals surface area contributed by atoms with Gasteiger partial charge in [0.15, 0.2) is 0 Å². The van der Waals surface area contributed by atoms with Crippen LogP contribution in [-0.2, 0) is 19.9 Å². The molecule has 6 nitrogen and oxygen atoms in total. The van der Waals surface area contributed by atoms with E-state index in [2.05, 4.69) is 24.1 Å². The van der Waals surface area contributed by atoms with Crippen molar-refractivity contribution in [1.29, 1.82) is 0 Å². The minimum atomic E-state index is -0.416. The molecule has 0 radical (unpaired) electrons. The van der Waals surface area contributed by atoms with Gasteiger partial charge in [-0.1, -0.05) is 37.6 Å². The van der Waals surface area contributed by atoms with Crippen molar-refractivity contribution in [3.63, 3.8) is 0 Å². The second-order valence-electron chi connectivity index (χ2n) is 7.38. The molecule has 0 spiro atoms. The van der Waals surface area contributed by atoms with E-state index in [4.69, 9.17) is 21.6 Å². The monoisotopic (exact) mass is 433 g/mol. The van der Waals surface area contributed by atoms with Crippen molar-refractivity contribution in [3.8, 4) is 0 Å². The summed E-state index contributed by atoms with van der Waals surface area (Å²) in [6.07, 6.45) is 5.21. The van der Waals surface area contributed by atoms with E-state index in [9.17, 15) is 4.79 Å². The van der Waals surface area contributed by atoms with Crippen LogP contribution in [0.3, 0.4) is 0 Å². The van der Waals surface area contributed by atoms with Crippen LogP contribution in [0, 0.1) is 0 Å². The number of hydrogen-bond donors (Lipinski definition) is 1. The van der Waals surface area contributed by atoms with E-state index in [1.165, 1.54) is 0 Å². The van der Waals surface area contributed by atoms with E-state index in [1.54, 1.807) is 18.3 Å². The van der Waals surface area contributed by atoms with Gasteiger partial charge in [0, 0.05) is 30.0 Å². The van der Waals surface area contributed by atoms with Crippen molar-refractivity contribution in [2.45, 2.75) is 32.7 Å². The fourth-order valence-corrected chi connectivity index (χ4v) is 3.78. The largest absolute Gasteiger partial charge is 0.338 e. The molecule has 2 aromatic heterocycles. The molecule has 1 amide bonds. The van der Waals surface area contributed by atoms with Gasteiger partial charge >= 0.3 is 0 Å². The molecule has 2 heterocycles. The summed E-state index contributed by atoms with van der Waals surface area (Å²) in [7, 11) is 1.90. The maximum atomic E-state index is 13.2. The number of aromatic nitrogens is 4. The van der Waals surface area contributed by atoms with Crippen LogP contribution in [0.5, 0.6) is 0 Å². The van der Waals surface area contributed by atoms with Crippen LogP contribution in [-0.4, -0.2) is 25.4 Å². The predicted octanol–water partition coefficient (Wildman–Crippen LogP) is 4.66. The van der Waals surface area contributed by atoms with Gasteiger partial charge in [0.1, 0.15) is 11.9 Å². The first-order valence-electron chi connectivity index (χ1n) is 10.3. The lowest BCUT2D eigenvalue weighted by Crippen LogP contribution is -2.31. The number of aryl methyl sites for hydroxylation is 3. The van der Waals surface area contributed by atoms with Crippen LogP contribution in [0.15, 0.2) is 54.9 Å². The maximum Gasteiger partial charge on any atom is 0.252 e. The molecule has 4 aromatic rings. The highest BCUT2D eigenvalue weighted by Gasteiger charge is 2.22. The van der Waals surface area contributed by atoms with E-state index in [1.807, 2.05) is 48.1 Å². The molecule has 4 rings (SSSR count). The van der Waals surface area contributed by atoms with Crippen molar-refractivity contribution in [1.82, 2.24) is 24.8 Å². The Labute approximate surface area is 186 Å². The molecule has 0 fully saturated rings. The average molecular weight is 434 g/mol. The van der Waals surface area contributed by atoms with Gasteiger partial charge in [-0.2, -0.15) is 0 Å². The SMILES string of the molecule is CCc1nc2ccc(C(=O)N[C@@H](c3ccc(Cl)cc3)c3nccn3C)cc2nc1CC. The van der Waals surface area contributed by atoms with Crippen molar-refractivity contribution < 1.29 is 4.79 Å². The summed E-state index contributed by atoms with van der Waals surface area (Å²) in [5.41, 5.74) is 4.92. The number of hydrogen-bond acceptors (Lipinski definition) is 4.